The van der Waals surface area contributed by atoms with Crippen molar-refractivity contribution >= 4 is 102 Å². The highest BCUT2D eigenvalue weighted by Gasteiger charge is 2.25. The molecule has 0 amide bonds. The van der Waals surface area contributed by atoms with Crippen molar-refractivity contribution in [3.63, 3.8) is 0 Å². The van der Waals surface area contributed by atoms with E-state index in [4.69, 9.17) is 4.42 Å². The molecule has 3 heterocycles. The van der Waals surface area contributed by atoms with E-state index in [9.17, 15) is 0 Å². The first-order valence-corrected chi connectivity index (χ1v) is 21.2. The Kier molecular flexibility index (Phi) is 7.62. The third-order valence-corrected chi connectivity index (χ3v) is 13.8. The van der Waals surface area contributed by atoms with E-state index >= 15 is 0 Å². The molecule has 0 saturated carbocycles. The molecule has 0 fully saturated rings. The molecule has 9 aromatic carbocycles. The van der Waals surface area contributed by atoms with Gasteiger partial charge in [0.25, 0.3) is 0 Å². The number of thiophene rings is 2. The second kappa shape index (κ2) is 13.3. The summed E-state index contributed by atoms with van der Waals surface area (Å²) >= 11 is 3.74. The zero-order valence-electron chi connectivity index (χ0n) is 31.2. The molecule has 2 nitrogen and oxygen atoms in total. The van der Waals surface area contributed by atoms with Gasteiger partial charge in [0, 0.05) is 57.0 Å². The summed E-state index contributed by atoms with van der Waals surface area (Å²) in [7, 11) is 0. The Hall–Kier alpha value is -6.98. The van der Waals surface area contributed by atoms with Crippen LogP contribution in [-0.4, -0.2) is 0 Å². The molecule has 0 aliphatic carbocycles. The first-order chi connectivity index (χ1) is 28.8. The minimum absolute atomic E-state index is 0.876. The van der Waals surface area contributed by atoms with Gasteiger partial charge in [0.2, 0.25) is 0 Å². The lowest BCUT2D eigenvalue weighted by molar-refractivity contribution is 0.670. The predicted molar refractivity (Wildman–Crippen MR) is 250 cm³/mol. The van der Waals surface area contributed by atoms with Gasteiger partial charge in [-0.25, -0.2) is 0 Å². The molecule has 0 radical (unpaired) electrons. The minimum atomic E-state index is 0.876. The first kappa shape index (κ1) is 33.2. The van der Waals surface area contributed by atoms with Crippen LogP contribution < -0.4 is 4.90 Å². The van der Waals surface area contributed by atoms with E-state index in [1.807, 2.05) is 22.7 Å². The summed E-state index contributed by atoms with van der Waals surface area (Å²) in [5, 5.41) is 7.24. The number of nitrogens with zero attached hydrogens (tertiary/aromatic N) is 1. The lowest BCUT2D eigenvalue weighted by atomic mass is 9.94. The summed E-state index contributed by atoms with van der Waals surface area (Å²) < 4.78 is 12.0. The summed E-state index contributed by atoms with van der Waals surface area (Å²) in [5.74, 6) is 0. The first-order valence-electron chi connectivity index (χ1n) is 19.6. The largest absolute Gasteiger partial charge is 0.455 e. The highest BCUT2D eigenvalue weighted by atomic mass is 32.1. The zero-order valence-corrected chi connectivity index (χ0v) is 32.9. The summed E-state index contributed by atoms with van der Waals surface area (Å²) in [6.07, 6.45) is 0. The molecule has 4 heteroatoms. The van der Waals surface area contributed by atoms with E-state index in [0.29, 0.717) is 0 Å². The highest BCUT2D eigenvalue weighted by molar-refractivity contribution is 7.26. The van der Waals surface area contributed by atoms with Crippen LogP contribution in [0.2, 0.25) is 0 Å². The van der Waals surface area contributed by atoms with Gasteiger partial charge in [-0.3, -0.25) is 0 Å². The monoisotopic (exact) mass is 775 g/mol. The molecule has 0 bridgehead atoms. The van der Waals surface area contributed by atoms with Crippen LogP contribution in [0.25, 0.3) is 95.7 Å². The van der Waals surface area contributed by atoms with Crippen LogP contribution in [0.3, 0.4) is 0 Å². The van der Waals surface area contributed by atoms with Gasteiger partial charge in [0.15, 0.2) is 0 Å². The van der Waals surface area contributed by atoms with Gasteiger partial charge in [0.1, 0.15) is 11.2 Å². The van der Waals surface area contributed by atoms with Gasteiger partial charge in [-0.2, -0.15) is 0 Å². The van der Waals surface area contributed by atoms with Crippen LogP contribution in [0.15, 0.2) is 205 Å². The van der Waals surface area contributed by atoms with Crippen LogP contribution in [0, 0.1) is 0 Å². The van der Waals surface area contributed by atoms with Crippen molar-refractivity contribution in [2.24, 2.45) is 0 Å². The van der Waals surface area contributed by atoms with Crippen LogP contribution in [0.1, 0.15) is 0 Å². The van der Waals surface area contributed by atoms with Crippen molar-refractivity contribution < 1.29 is 4.42 Å². The van der Waals surface area contributed by atoms with Gasteiger partial charge >= 0.3 is 0 Å². The van der Waals surface area contributed by atoms with E-state index < -0.39 is 0 Å². The number of hydrogen-bond acceptors (Lipinski definition) is 4. The molecule has 58 heavy (non-hydrogen) atoms. The minimum Gasteiger partial charge on any atom is -0.455 e. The van der Waals surface area contributed by atoms with E-state index in [1.54, 1.807) is 0 Å². The van der Waals surface area contributed by atoms with Crippen molar-refractivity contribution in [3.05, 3.63) is 200 Å². The smallest absolute Gasteiger partial charge is 0.145 e. The van der Waals surface area contributed by atoms with Gasteiger partial charge < -0.3 is 9.32 Å². The van der Waals surface area contributed by atoms with Crippen molar-refractivity contribution in [1.29, 1.82) is 0 Å². The normalized spacial score (nSPS) is 11.8. The Balaban J connectivity index is 1.20. The highest BCUT2D eigenvalue weighted by Crippen LogP contribution is 2.52. The maximum atomic E-state index is 6.86. The van der Waals surface area contributed by atoms with E-state index in [-0.39, 0.29) is 0 Å². The van der Waals surface area contributed by atoms with Gasteiger partial charge in [-0.1, -0.05) is 146 Å². The Morgan fingerprint density at radius 3 is 1.72 bits per heavy atom. The van der Waals surface area contributed by atoms with Gasteiger partial charge in [0.05, 0.1) is 16.8 Å². The van der Waals surface area contributed by atoms with Crippen molar-refractivity contribution in [2.75, 3.05) is 4.90 Å². The molecular formula is C54H33NOS2. The predicted octanol–water partition coefficient (Wildman–Crippen LogP) is 16.8. The molecule has 0 atom stereocenters. The maximum absolute atomic E-state index is 6.86. The van der Waals surface area contributed by atoms with Crippen LogP contribution >= 0.6 is 22.7 Å². The fourth-order valence-electron chi connectivity index (χ4n) is 8.90. The number of fused-ring (bicyclic) bond motifs is 9. The average Bonchev–Trinajstić information content (AvgIpc) is 3.99. The van der Waals surface area contributed by atoms with Crippen LogP contribution in [0.5, 0.6) is 0 Å². The molecule has 0 N–H and O–H groups in total. The molecule has 0 aliphatic heterocycles. The number of para-hydroxylation sites is 1. The molecular weight excluding hydrogens is 743 g/mol. The second-order valence-corrected chi connectivity index (χ2v) is 16.9. The Morgan fingerprint density at radius 1 is 0.362 bits per heavy atom. The summed E-state index contributed by atoms with van der Waals surface area (Å²) in [6.45, 7) is 0. The fourth-order valence-corrected chi connectivity index (χ4v) is 11.3. The Morgan fingerprint density at radius 2 is 0.948 bits per heavy atom. The van der Waals surface area contributed by atoms with Crippen molar-refractivity contribution in [3.8, 4) is 33.4 Å². The third kappa shape index (κ3) is 5.16. The quantitative estimate of drug-likeness (QED) is 0.167. The van der Waals surface area contributed by atoms with E-state index in [2.05, 4.69) is 205 Å². The molecule has 12 aromatic rings. The summed E-state index contributed by atoms with van der Waals surface area (Å²) in [5.41, 5.74) is 12.2. The van der Waals surface area contributed by atoms with Crippen molar-refractivity contribution in [2.45, 2.75) is 0 Å². The standard InChI is InChI=1S/C54H33NOS2/c1-4-15-34(16-5-1)38-28-29-40(36-19-8-3-9-20-36)54-50(38)43-33-37(27-32-48(43)58-54)55(44-23-14-26-49-51(44)42-22-11-13-25-47(42)57-49)45-31-30-39(35-17-6-2-7-18-35)53-52(45)41-21-10-12-24-46(41)56-53/h1-33H. The van der Waals surface area contributed by atoms with Crippen LogP contribution in [-0.2, 0) is 0 Å². The number of furan rings is 1. The number of anilines is 3. The van der Waals surface area contributed by atoms with Crippen LogP contribution in [0.4, 0.5) is 17.1 Å². The average molecular weight is 776 g/mol. The lowest BCUT2D eigenvalue weighted by Crippen LogP contribution is -2.11. The number of rotatable bonds is 6. The second-order valence-electron chi connectivity index (χ2n) is 14.8. The number of hydrogen-bond donors (Lipinski definition) is 0. The Bertz CT molecular complexity index is 3510. The molecule has 0 spiro atoms. The topological polar surface area (TPSA) is 16.4 Å². The van der Waals surface area contributed by atoms with E-state index in [1.165, 1.54) is 62.6 Å². The summed E-state index contributed by atoms with van der Waals surface area (Å²) in [4.78, 5) is 2.49. The Labute approximate surface area is 343 Å². The summed E-state index contributed by atoms with van der Waals surface area (Å²) in [6, 6.07) is 72.5. The zero-order chi connectivity index (χ0) is 38.2. The number of benzene rings is 9. The molecule has 0 aliphatic rings. The van der Waals surface area contributed by atoms with Gasteiger partial charge in [-0.15, -0.1) is 22.7 Å². The molecule has 12 rings (SSSR count). The maximum Gasteiger partial charge on any atom is 0.145 e. The molecule has 0 saturated heterocycles. The third-order valence-electron chi connectivity index (χ3n) is 11.5. The molecule has 3 aromatic heterocycles. The lowest BCUT2D eigenvalue weighted by Gasteiger charge is -2.28. The molecule has 272 valence electrons. The van der Waals surface area contributed by atoms with E-state index in [0.717, 1.165) is 50.1 Å². The van der Waals surface area contributed by atoms with Crippen molar-refractivity contribution in [1.82, 2.24) is 0 Å². The molecule has 0 unspecified atom stereocenters. The van der Waals surface area contributed by atoms with Gasteiger partial charge in [-0.05, 0) is 82.4 Å². The fraction of sp³-hybridized carbons (Fsp3) is 0. The SMILES string of the molecule is c1ccc(-c2ccc(N(c3ccc4sc5c(-c6ccccc6)ccc(-c6ccccc6)c5c4c3)c3cccc4sc5ccccc5c34)c3c2oc2ccccc23)cc1.